The Labute approximate surface area is 479 Å². The summed E-state index contributed by atoms with van der Waals surface area (Å²) < 4.78 is 16.8. The molecular weight excluding hydrogens is 949 g/mol. The second-order valence-electron chi connectivity index (χ2n) is 23.1. The van der Waals surface area contributed by atoms with Crippen LogP contribution in [0.5, 0.6) is 0 Å². The molecule has 0 aliphatic rings. The van der Waals surface area contributed by atoms with Gasteiger partial charge in [-0.15, -0.1) is 0 Å². The summed E-state index contributed by atoms with van der Waals surface area (Å²) in [5, 5.41) is 0. The van der Waals surface area contributed by atoms with E-state index < -0.39 is 6.10 Å². The van der Waals surface area contributed by atoms with Crippen LogP contribution in [-0.2, 0) is 28.6 Å². The van der Waals surface area contributed by atoms with Crippen molar-refractivity contribution in [2.45, 2.75) is 374 Å². The summed E-state index contributed by atoms with van der Waals surface area (Å²) in [6, 6.07) is 0. The molecule has 0 aromatic carbocycles. The van der Waals surface area contributed by atoms with Gasteiger partial charge in [0.05, 0.1) is 0 Å². The van der Waals surface area contributed by atoms with Crippen molar-refractivity contribution < 1.29 is 28.6 Å². The topological polar surface area (TPSA) is 78.9 Å². The number of hydrogen-bond acceptors (Lipinski definition) is 6. The number of unbranched alkanes of at least 4 members (excludes halogenated alkanes) is 44. The van der Waals surface area contributed by atoms with Crippen molar-refractivity contribution in [3.63, 3.8) is 0 Å². The summed E-state index contributed by atoms with van der Waals surface area (Å²) in [5.41, 5.74) is 0. The molecule has 0 fully saturated rings. The Bertz CT molecular complexity index is 1330. The second kappa shape index (κ2) is 65.9. The minimum absolute atomic E-state index is 0.0705. The molecule has 1 unspecified atom stereocenters. The molecule has 0 aliphatic carbocycles. The average Bonchev–Trinajstić information content (AvgIpc) is 3.43. The van der Waals surface area contributed by atoms with E-state index in [0.717, 1.165) is 83.5 Å². The van der Waals surface area contributed by atoms with Crippen LogP contribution >= 0.6 is 0 Å². The Morgan fingerprint density at radius 2 is 0.506 bits per heavy atom. The van der Waals surface area contributed by atoms with Gasteiger partial charge in [0.25, 0.3) is 0 Å². The highest BCUT2D eigenvalue weighted by Gasteiger charge is 2.19. The first-order valence-corrected chi connectivity index (χ1v) is 34.1. The van der Waals surface area contributed by atoms with Gasteiger partial charge in [-0.05, 0) is 57.8 Å². The van der Waals surface area contributed by atoms with E-state index >= 15 is 0 Å². The Hall–Kier alpha value is -2.63. The Kier molecular flexibility index (Phi) is 63.6. The first-order chi connectivity index (χ1) is 38.0. The van der Waals surface area contributed by atoms with Crippen LogP contribution in [0.4, 0.5) is 0 Å². The van der Waals surface area contributed by atoms with Crippen LogP contribution in [0.15, 0.2) is 48.6 Å². The highest BCUT2D eigenvalue weighted by molar-refractivity contribution is 5.71. The quantitative estimate of drug-likeness (QED) is 0.0261. The molecule has 0 aliphatic heterocycles. The van der Waals surface area contributed by atoms with E-state index in [4.69, 9.17) is 14.2 Å². The number of rotatable bonds is 63. The minimum atomic E-state index is -0.771. The van der Waals surface area contributed by atoms with E-state index in [0.29, 0.717) is 19.3 Å². The average molecular weight is 1080 g/mol. The summed E-state index contributed by atoms with van der Waals surface area (Å²) in [4.78, 5) is 38.1. The number of carbonyl (C=O) groups excluding carboxylic acids is 3. The van der Waals surface area contributed by atoms with E-state index in [2.05, 4.69) is 69.4 Å². The SMILES string of the molecule is CC/C=C\C/C=C\C/C=C\C/C=C\CCCCCCCCCCCCC(=O)OC(COC(=O)CCCCCCCC)COC(=O)CCCCCCCCCCCCCCCCCCCCCCCCCCCCCCCC. The summed E-state index contributed by atoms with van der Waals surface area (Å²) >= 11 is 0. The molecular formula is C71H130O6. The second-order valence-corrected chi connectivity index (χ2v) is 23.1. The molecule has 450 valence electrons. The Morgan fingerprint density at radius 1 is 0.273 bits per heavy atom. The van der Waals surface area contributed by atoms with Gasteiger partial charge in [0.15, 0.2) is 6.10 Å². The van der Waals surface area contributed by atoms with E-state index in [-0.39, 0.29) is 31.1 Å². The largest absolute Gasteiger partial charge is 0.462 e. The fourth-order valence-electron chi connectivity index (χ4n) is 10.3. The number of ether oxygens (including phenoxy) is 3. The molecule has 0 N–H and O–H groups in total. The lowest BCUT2D eigenvalue weighted by atomic mass is 10.0. The lowest BCUT2D eigenvalue weighted by molar-refractivity contribution is -0.167. The highest BCUT2D eigenvalue weighted by atomic mass is 16.6. The van der Waals surface area contributed by atoms with E-state index in [9.17, 15) is 14.4 Å². The van der Waals surface area contributed by atoms with Gasteiger partial charge in [-0.25, -0.2) is 0 Å². The molecule has 0 aromatic heterocycles. The van der Waals surface area contributed by atoms with Gasteiger partial charge in [0.2, 0.25) is 0 Å². The van der Waals surface area contributed by atoms with Crippen LogP contribution in [0, 0.1) is 0 Å². The van der Waals surface area contributed by atoms with Crippen LogP contribution in [0.2, 0.25) is 0 Å². The summed E-state index contributed by atoms with van der Waals surface area (Å²) in [6.45, 7) is 6.52. The zero-order valence-corrected chi connectivity index (χ0v) is 51.7. The molecule has 6 heteroatoms. The van der Waals surface area contributed by atoms with Gasteiger partial charge in [0.1, 0.15) is 13.2 Å². The van der Waals surface area contributed by atoms with Crippen molar-refractivity contribution in [2.24, 2.45) is 0 Å². The van der Waals surface area contributed by atoms with Gasteiger partial charge >= 0.3 is 17.9 Å². The lowest BCUT2D eigenvalue weighted by Gasteiger charge is -2.18. The van der Waals surface area contributed by atoms with Crippen molar-refractivity contribution in [2.75, 3.05) is 13.2 Å². The van der Waals surface area contributed by atoms with Crippen molar-refractivity contribution in [3.05, 3.63) is 48.6 Å². The van der Waals surface area contributed by atoms with Gasteiger partial charge in [0, 0.05) is 19.3 Å². The van der Waals surface area contributed by atoms with Crippen molar-refractivity contribution >= 4 is 17.9 Å². The van der Waals surface area contributed by atoms with Crippen molar-refractivity contribution in [1.29, 1.82) is 0 Å². The molecule has 1 atom stereocenters. The zero-order valence-electron chi connectivity index (χ0n) is 51.7. The third kappa shape index (κ3) is 64.1. The van der Waals surface area contributed by atoms with E-state index in [1.54, 1.807) is 0 Å². The smallest absolute Gasteiger partial charge is 0.306 e. The van der Waals surface area contributed by atoms with Gasteiger partial charge in [-0.1, -0.05) is 339 Å². The molecule has 0 aromatic rings. The fraction of sp³-hybridized carbons (Fsp3) is 0.845. The number of carbonyl (C=O) groups is 3. The zero-order chi connectivity index (χ0) is 55.7. The number of esters is 3. The third-order valence-electron chi connectivity index (χ3n) is 15.3. The standard InChI is InChI=1S/C71H130O6/c1-4-7-10-13-16-18-20-22-24-26-28-30-32-33-34-35-36-37-38-40-41-43-45-47-49-51-53-55-58-61-64-70(73)76-67-68(66-75-69(72)63-60-57-15-12-9-6-3)77-71(74)65-62-59-56-54-52-50-48-46-44-42-39-31-29-27-25-23-21-19-17-14-11-8-5-2/h8,11,17,19,23,25,29,31,68H,4-7,9-10,12-16,18,20-22,24,26-28,30,32-67H2,1-3H3/b11-8-,19-17-,25-23-,31-29-. The highest BCUT2D eigenvalue weighted by Crippen LogP contribution is 2.18. The molecule has 0 spiro atoms. The molecule has 0 bridgehead atoms. The van der Waals surface area contributed by atoms with Gasteiger partial charge in [-0.2, -0.15) is 0 Å². The molecule has 6 nitrogen and oxygen atoms in total. The van der Waals surface area contributed by atoms with Crippen LogP contribution in [-0.4, -0.2) is 37.2 Å². The monoisotopic (exact) mass is 1080 g/mol. The third-order valence-corrected chi connectivity index (χ3v) is 15.3. The summed E-state index contributed by atoms with van der Waals surface area (Å²) in [5.74, 6) is -0.864. The first-order valence-electron chi connectivity index (χ1n) is 34.1. The lowest BCUT2D eigenvalue weighted by Crippen LogP contribution is -2.30. The normalized spacial score (nSPS) is 12.3. The molecule has 0 rings (SSSR count). The number of hydrogen-bond donors (Lipinski definition) is 0. The van der Waals surface area contributed by atoms with Crippen LogP contribution in [0.25, 0.3) is 0 Å². The van der Waals surface area contributed by atoms with E-state index in [1.165, 1.54) is 244 Å². The van der Waals surface area contributed by atoms with Crippen LogP contribution < -0.4 is 0 Å². The predicted octanol–water partition coefficient (Wildman–Crippen LogP) is 23.3. The van der Waals surface area contributed by atoms with Crippen molar-refractivity contribution in [1.82, 2.24) is 0 Å². The first kappa shape index (κ1) is 74.4. The molecule has 77 heavy (non-hydrogen) atoms. The maximum Gasteiger partial charge on any atom is 0.306 e. The molecule has 0 saturated carbocycles. The summed E-state index contributed by atoms with van der Waals surface area (Å²) in [7, 11) is 0. The minimum Gasteiger partial charge on any atom is -0.462 e. The molecule has 0 heterocycles. The van der Waals surface area contributed by atoms with Gasteiger partial charge in [-0.3, -0.25) is 14.4 Å². The van der Waals surface area contributed by atoms with Gasteiger partial charge < -0.3 is 14.2 Å². The van der Waals surface area contributed by atoms with E-state index in [1.807, 2.05) is 0 Å². The maximum absolute atomic E-state index is 12.9. The summed E-state index contributed by atoms with van der Waals surface area (Å²) in [6.07, 6.45) is 83.3. The fourth-order valence-corrected chi connectivity index (χ4v) is 10.3. The maximum atomic E-state index is 12.9. The number of allylic oxidation sites excluding steroid dienone is 8. The van der Waals surface area contributed by atoms with Crippen LogP contribution in [0.3, 0.4) is 0 Å². The molecule has 0 saturated heterocycles. The Morgan fingerprint density at radius 3 is 0.792 bits per heavy atom. The Balaban J connectivity index is 3.98. The predicted molar refractivity (Wildman–Crippen MR) is 335 cm³/mol. The van der Waals surface area contributed by atoms with Crippen LogP contribution in [0.1, 0.15) is 367 Å². The molecule has 0 amide bonds. The van der Waals surface area contributed by atoms with Crippen molar-refractivity contribution in [3.8, 4) is 0 Å². The molecule has 0 radical (unpaired) electrons.